The van der Waals surface area contributed by atoms with Crippen molar-refractivity contribution in [2.24, 2.45) is 0 Å². The number of rotatable bonds is 9. The number of aromatic nitrogens is 1. The summed E-state index contributed by atoms with van der Waals surface area (Å²) in [5.74, 6) is 2.82. The zero-order valence-corrected chi connectivity index (χ0v) is 18.3. The van der Waals surface area contributed by atoms with Gasteiger partial charge in [-0.15, -0.1) is 0 Å². The number of piperidine rings is 1. The van der Waals surface area contributed by atoms with Crippen molar-refractivity contribution in [1.29, 1.82) is 0 Å². The van der Waals surface area contributed by atoms with E-state index in [9.17, 15) is 4.79 Å². The van der Waals surface area contributed by atoms with Crippen LogP contribution in [0.3, 0.4) is 0 Å². The molecule has 1 aliphatic rings. The van der Waals surface area contributed by atoms with Crippen molar-refractivity contribution in [1.82, 2.24) is 10.1 Å². The number of likely N-dealkylation sites (tertiary alicyclic amines) is 1. The molecule has 3 aromatic rings. The van der Waals surface area contributed by atoms with Crippen LogP contribution in [-0.4, -0.2) is 49.2 Å². The number of hydrogen-bond donors (Lipinski definition) is 0. The van der Waals surface area contributed by atoms with Gasteiger partial charge in [-0.05, 0) is 82.6 Å². The second kappa shape index (κ2) is 9.96. The molecule has 0 bridgehead atoms. The van der Waals surface area contributed by atoms with Crippen LogP contribution in [0.25, 0.3) is 10.9 Å². The quantitative estimate of drug-likeness (QED) is 0.354. The van der Waals surface area contributed by atoms with Crippen molar-refractivity contribution in [3.8, 4) is 11.5 Å². The number of carbonyl (C=O) groups excluding carboxylic acids is 1. The van der Waals surface area contributed by atoms with E-state index in [0.717, 1.165) is 62.0 Å². The Hall–Kier alpha value is -2.86. The predicted octanol–water partition coefficient (Wildman–Crippen LogP) is 5.08. The zero-order valence-electron chi connectivity index (χ0n) is 18.3. The second-order valence-electron chi connectivity index (χ2n) is 8.16. The molecule has 0 aliphatic carbocycles. The van der Waals surface area contributed by atoms with Gasteiger partial charge in [0.05, 0.1) is 13.7 Å². The fraction of sp³-hybridized carbons (Fsp3) is 0.440. The number of carbonyl (C=O) groups is 1. The van der Waals surface area contributed by atoms with Gasteiger partial charge in [-0.3, -0.25) is 4.79 Å². The van der Waals surface area contributed by atoms with Crippen LogP contribution in [-0.2, 0) is 0 Å². The van der Waals surface area contributed by atoms with Gasteiger partial charge in [0.2, 0.25) is 0 Å². The topological polar surface area (TPSA) is 64.8 Å². The van der Waals surface area contributed by atoms with Crippen molar-refractivity contribution in [2.75, 3.05) is 33.4 Å². The van der Waals surface area contributed by atoms with E-state index in [2.05, 4.69) is 16.1 Å². The van der Waals surface area contributed by atoms with Gasteiger partial charge >= 0.3 is 0 Å². The molecule has 0 N–H and O–H groups in total. The first-order valence-electron chi connectivity index (χ1n) is 11.0. The standard InChI is InChI=1S/C25H30N2O4/c1-18(28)20-9-10-23(24(17-20)29-2)30-16-6-5-13-27-14-11-19(12-15-27)25-21-7-3-4-8-22(21)26-31-25/h3-4,7-10,17,19H,5-6,11-16H2,1-2H3. The van der Waals surface area contributed by atoms with Gasteiger partial charge in [0.1, 0.15) is 11.3 Å². The summed E-state index contributed by atoms with van der Waals surface area (Å²) in [5, 5.41) is 5.36. The Balaban J connectivity index is 1.18. The van der Waals surface area contributed by atoms with Gasteiger partial charge in [0.15, 0.2) is 17.3 Å². The average molecular weight is 423 g/mol. The summed E-state index contributed by atoms with van der Waals surface area (Å²) in [6.07, 6.45) is 4.28. The minimum absolute atomic E-state index is 0.0186. The molecule has 1 saturated heterocycles. The van der Waals surface area contributed by atoms with E-state index in [1.54, 1.807) is 26.2 Å². The first-order chi connectivity index (χ1) is 15.2. The van der Waals surface area contributed by atoms with Crippen molar-refractivity contribution in [3.63, 3.8) is 0 Å². The van der Waals surface area contributed by atoms with Crippen LogP contribution >= 0.6 is 0 Å². The molecule has 6 nitrogen and oxygen atoms in total. The van der Waals surface area contributed by atoms with Crippen molar-refractivity contribution in [2.45, 2.75) is 38.5 Å². The van der Waals surface area contributed by atoms with Crippen LogP contribution in [0.2, 0.25) is 0 Å². The number of fused-ring (bicyclic) bond motifs is 1. The Morgan fingerprint density at radius 3 is 2.71 bits per heavy atom. The van der Waals surface area contributed by atoms with E-state index in [-0.39, 0.29) is 5.78 Å². The summed E-state index contributed by atoms with van der Waals surface area (Å²) in [6, 6.07) is 13.5. The van der Waals surface area contributed by atoms with Crippen LogP contribution in [0, 0.1) is 0 Å². The van der Waals surface area contributed by atoms with Gasteiger partial charge < -0.3 is 18.9 Å². The third-order valence-corrected chi connectivity index (χ3v) is 6.07. The van der Waals surface area contributed by atoms with E-state index >= 15 is 0 Å². The van der Waals surface area contributed by atoms with Crippen molar-refractivity contribution in [3.05, 3.63) is 53.8 Å². The van der Waals surface area contributed by atoms with Gasteiger partial charge in [-0.1, -0.05) is 17.3 Å². The highest BCUT2D eigenvalue weighted by atomic mass is 16.5. The SMILES string of the molecule is COc1cc(C(C)=O)ccc1OCCCCN1CCC(c2onc3ccccc23)CC1. The lowest BCUT2D eigenvalue weighted by Crippen LogP contribution is -2.33. The van der Waals surface area contributed by atoms with E-state index < -0.39 is 0 Å². The number of ketones is 1. The lowest BCUT2D eigenvalue weighted by molar-refractivity contribution is 0.101. The summed E-state index contributed by atoms with van der Waals surface area (Å²) in [7, 11) is 1.59. The average Bonchev–Trinajstić information content (AvgIpc) is 3.23. The second-order valence-corrected chi connectivity index (χ2v) is 8.16. The summed E-state index contributed by atoms with van der Waals surface area (Å²) >= 11 is 0. The predicted molar refractivity (Wildman–Crippen MR) is 120 cm³/mol. The molecular formula is C25H30N2O4. The first-order valence-corrected chi connectivity index (χ1v) is 11.0. The van der Waals surface area contributed by atoms with E-state index in [4.69, 9.17) is 14.0 Å². The van der Waals surface area contributed by atoms with Gasteiger partial charge in [0.25, 0.3) is 0 Å². The highest BCUT2D eigenvalue weighted by Crippen LogP contribution is 2.33. The van der Waals surface area contributed by atoms with Crippen LogP contribution < -0.4 is 9.47 Å². The molecule has 1 aromatic heterocycles. The Bertz CT molecular complexity index is 1020. The number of benzene rings is 2. The largest absolute Gasteiger partial charge is 0.493 e. The molecule has 2 aromatic carbocycles. The molecule has 31 heavy (non-hydrogen) atoms. The number of nitrogens with zero attached hydrogens (tertiary/aromatic N) is 2. The number of methoxy groups -OCH3 is 1. The van der Waals surface area contributed by atoms with Crippen LogP contribution in [0.4, 0.5) is 0 Å². The Morgan fingerprint density at radius 1 is 1.13 bits per heavy atom. The lowest BCUT2D eigenvalue weighted by atomic mass is 9.92. The fourth-order valence-corrected chi connectivity index (χ4v) is 4.25. The third kappa shape index (κ3) is 5.07. The summed E-state index contributed by atoms with van der Waals surface area (Å²) in [5.41, 5.74) is 1.58. The number of ether oxygens (including phenoxy) is 2. The zero-order chi connectivity index (χ0) is 21.6. The Morgan fingerprint density at radius 2 is 1.94 bits per heavy atom. The molecule has 1 fully saturated rings. The molecule has 0 amide bonds. The number of Topliss-reactive ketones (excluding diaryl/α,β-unsaturated/α-hetero) is 1. The minimum atomic E-state index is 0.0186. The molecule has 164 valence electrons. The van der Waals surface area contributed by atoms with Gasteiger partial charge in [-0.25, -0.2) is 0 Å². The minimum Gasteiger partial charge on any atom is -0.493 e. The Kier molecular flexibility index (Phi) is 6.87. The third-order valence-electron chi connectivity index (χ3n) is 6.07. The highest BCUT2D eigenvalue weighted by molar-refractivity contribution is 5.94. The summed E-state index contributed by atoms with van der Waals surface area (Å²) < 4.78 is 16.9. The maximum atomic E-state index is 11.5. The van der Waals surface area contributed by atoms with Crippen LogP contribution in [0.5, 0.6) is 11.5 Å². The maximum Gasteiger partial charge on any atom is 0.161 e. The van der Waals surface area contributed by atoms with E-state index in [1.165, 1.54) is 0 Å². The van der Waals surface area contributed by atoms with Gasteiger partial charge in [-0.2, -0.15) is 0 Å². The number of hydrogen-bond acceptors (Lipinski definition) is 6. The fourth-order valence-electron chi connectivity index (χ4n) is 4.25. The lowest BCUT2D eigenvalue weighted by Gasteiger charge is -2.30. The monoisotopic (exact) mass is 422 g/mol. The van der Waals surface area contributed by atoms with Crippen molar-refractivity contribution < 1.29 is 18.8 Å². The molecule has 0 unspecified atom stereocenters. The normalized spacial score (nSPS) is 15.3. The van der Waals surface area contributed by atoms with Crippen LogP contribution in [0.15, 0.2) is 47.0 Å². The molecule has 4 rings (SSSR count). The molecule has 0 atom stereocenters. The summed E-state index contributed by atoms with van der Waals surface area (Å²) in [6.45, 7) is 5.43. The van der Waals surface area contributed by atoms with E-state index in [0.29, 0.717) is 29.6 Å². The number of unbranched alkanes of at least 4 members (excludes halogenated alkanes) is 1. The molecule has 2 heterocycles. The van der Waals surface area contributed by atoms with Crippen molar-refractivity contribution >= 4 is 16.7 Å². The molecule has 1 aliphatic heterocycles. The molecule has 0 spiro atoms. The first kappa shape index (κ1) is 21.4. The molecule has 0 saturated carbocycles. The summed E-state index contributed by atoms with van der Waals surface area (Å²) in [4.78, 5) is 14.0. The highest BCUT2D eigenvalue weighted by Gasteiger charge is 2.25. The van der Waals surface area contributed by atoms with Gasteiger partial charge in [0, 0.05) is 16.9 Å². The van der Waals surface area contributed by atoms with Crippen LogP contribution in [0.1, 0.15) is 54.6 Å². The molecular weight excluding hydrogens is 392 g/mol. The van der Waals surface area contributed by atoms with E-state index in [1.807, 2.05) is 24.3 Å². The molecule has 6 heteroatoms. The molecule has 0 radical (unpaired) electrons. The Labute approximate surface area is 183 Å². The maximum absolute atomic E-state index is 11.5. The smallest absolute Gasteiger partial charge is 0.161 e.